The Labute approximate surface area is 91.3 Å². The smallest absolute Gasteiger partial charge is 0.235 e. The largest absolute Gasteiger partial charge is 0.285 e. The van der Waals surface area contributed by atoms with E-state index in [0.717, 1.165) is 15.7 Å². The van der Waals surface area contributed by atoms with Crippen LogP contribution < -0.4 is 0 Å². The van der Waals surface area contributed by atoms with Crippen LogP contribution in [0.25, 0.3) is 10.8 Å². The van der Waals surface area contributed by atoms with E-state index in [4.69, 9.17) is 0 Å². The second-order valence-electron chi connectivity index (χ2n) is 2.85. The first-order valence-electron chi connectivity index (χ1n) is 4.08. The van der Waals surface area contributed by atoms with Gasteiger partial charge in [0.2, 0.25) is 6.29 Å². The van der Waals surface area contributed by atoms with Crippen LogP contribution in [0.15, 0.2) is 41.3 Å². The van der Waals surface area contributed by atoms with Gasteiger partial charge in [0.15, 0.2) is 0 Å². The van der Waals surface area contributed by atoms with Crippen LogP contribution in [0.3, 0.4) is 0 Å². The molecule has 2 rings (SSSR count). The van der Waals surface area contributed by atoms with E-state index in [-0.39, 0.29) is 0 Å². The Kier molecular flexibility index (Phi) is 2.79. The number of benzene rings is 2. The van der Waals surface area contributed by atoms with Crippen molar-refractivity contribution in [3.05, 3.63) is 42.0 Å². The van der Waals surface area contributed by atoms with E-state index in [1.165, 1.54) is 10.8 Å². The molecule has 0 N–H and O–H groups in total. The highest BCUT2D eigenvalue weighted by Crippen LogP contribution is 2.30. The van der Waals surface area contributed by atoms with Gasteiger partial charge in [-0.15, -0.1) is 11.7 Å². The van der Waals surface area contributed by atoms with Gasteiger partial charge in [-0.2, -0.15) is 0 Å². The lowest BCUT2D eigenvalue weighted by Crippen LogP contribution is -1.86. The molecule has 0 saturated carbocycles. The van der Waals surface area contributed by atoms with Crippen molar-refractivity contribution in [1.82, 2.24) is 0 Å². The summed E-state index contributed by atoms with van der Waals surface area (Å²) in [5.41, 5.74) is 0.600. The summed E-state index contributed by atoms with van der Waals surface area (Å²) in [6, 6.07) is 11.6. The molecule has 14 heavy (non-hydrogen) atoms. The summed E-state index contributed by atoms with van der Waals surface area (Å²) in [5, 5.41) is 1.98. The highest BCUT2D eigenvalue weighted by Gasteiger charge is 2.06. The van der Waals surface area contributed by atoms with Gasteiger partial charge >= 0.3 is 0 Å². The van der Waals surface area contributed by atoms with E-state index in [0.29, 0.717) is 5.56 Å². The Bertz CT molecular complexity index is 480. The number of hydrogen-bond acceptors (Lipinski definition) is 3. The van der Waals surface area contributed by atoms with E-state index in [1.54, 1.807) is 0 Å². The maximum Gasteiger partial charge on any atom is 0.235 e. The van der Waals surface area contributed by atoms with E-state index in [2.05, 4.69) is 11.7 Å². The molecule has 0 aliphatic heterocycles. The summed E-state index contributed by atoms with van der Waals surface area (Å²) in [6.07, 6.45) is 1.97. The van der Waals surface area contributed by atoms with Gasteiger partial charge in [-0.1, -0.05) is 41.1 Å². The van der Waals surface area contributed by atoms with Gasteiger partial charge in [-0.05, 0) is 16.8 Å². The van der Waals surface area contributed by atoms with Gasteiger partial charge < -0.3 is 0 Å². The minimum atomic E-state index is 0.600. The van der Waals surface area contributed by atoms with E-state index in [1.807, 2.05) is 42.7 Å². The third-order valence-corrected chi connectivity index (χ3v) is 3.22. The summed E-state index contributed by atoms with van der Waals surface area (Å²) < 4.78 is 0. The Morgan fingerprint density at radius 1 is 1.14 bits per heavy atom. The molecule has 69 valence electrons. The molecule has 0 atom stereocenters. The Morgan fingerprint density at radius 3 is 2.64 bits per heavy atom. The van der Waals surface area contributed by atoms with Crippen LogP contribution in [0, 0.1) is 0 Å². The Morgan fingerprint density at radius 2 is 1.93 bits per heavy atom. The molecule has 0 aliphatic rings. The van der Waals surface area contributed by atoms with Crippen molar-refractivity contribution in [3.8, 4) is 0 Å². The fourth-order valence-electron chi connectivity index (χ4n) is 1.43. The lowest BCUT2D eigenvalue weighted by atomic mass is 10.1. The lowest BCUT2D eigenvalue weighted by molar-refractivity contribution is 0.562. The molecule has 2 aromatic carbocycles. The molecular weight excluding hydrogens is 212 g/mol. The number of carbonyl (C=O) groups excluding carboxylic acids is 1. The standard InChI is InChI=1S/C11H7OS2/c12-7-10-9-4-2-1-3-8(9)5-6-11(10)14-13/h1-6,13H. The average Bonchev–Trinajstić information content (AvgIpc) is 2.27. The van der Waals surface area contributed by atoms with Crippen molar-refractivity contribution in [2.75, 3.05) is 0 Å². The molecule has 0 spiro atoms. The SMILES string of the molecule is O=[C]c1c(SS)ccc2ccccc12. The van der Waals surface area contributed by atoms with Gasteiger partial charge in [0.05, 0.1) is 0 Å². The van der Waals surface area contributed by atoms with Crippen molar-refractivity contribution in [2.24, 2.45) is 0 Å². The normalized spacial score (nSPS) is 10.4. The van der Waals surface area contributed by atoms with Crippen molar-refractivity contribution < 1.29 is 4.79 Å². The summed E-state index contributed by atoms with van der Waals surface area (Å²) in [4.78, 5) is 11.7. The van der Waals surface area contributed by atoms with Crippen molar-refractivity contribution in [2.45, 2.75) is 4.90 Å². The van der Waals surface area contributed by atoms with E-state index < -0.39 is 0 Å². The monoisotopic (exact) mass is 219 g/mol. The Balaban J connectivity index is 2.83. The molecule has 0 aromatic heterocycles. The van der Waals surface area contributed by atoms with Crippen LogP contribution in [0.2, 0.25) is 0 Å². The third kappa shape index (κ3) is 1.53. The van der Waals surface area contributed by atoms with Gasteiger partial charge in [-0.25, -0.2) is 0 Å². The van der Waals surface area contributed by atoms with Crippen LogP contribution >= 0.6 is 22.5 Å². The van der Waals surface area contributed by atoms with Crippen LogP contribution in [0.4, 0.5) is 0 Å². The van der Waals surface area contributed by atoms with Crippen molar-refractivity contribution in [1.29, 1.82) is 0 Å². The zero-order valence-corrected chi connectivity index (χ0v) is 8.94. The molecule has 0 unspecified atom stereocenters. The second-order valence-corrected chi connectivity index (χ2v) is 4.02. The average molecular weight is 219 g/mol. The maximum absolute atomic E-state index is 10.8. The first-order valence-corrected chi connectivity index (χ1v) is 5.95. The Hall–Kier alpha value is -0.930. The molecule has 0 amide bonds. The van der Waals surface area contributed by atoms with Crippen molar-refractivity contribution in [3.63, 3.8) is 0 Å². The number of thiol groups is 1. The lowest BCUT2D eigenvalue weighted by Gasteiger charge is -2.03. The van der Waals surface area contributed by atoms with Crippen LogP contribution in [-0.2, 0) is 4.79 Å². The van der Waals surface area contributed by atoms with E-state index >= 15 is 0 Å². The minimum Gasteiger partial charge on any atom is -0.285 e. The molecular formula is C11H7OS2. The number of fused-ring (bicyclic) bond motifs is 1. The molecule has 0 saturated heterocycles. The van der Waals surface area contributed by atoms with Gasteiger partial charge in [0, 0.05) is 10.5 Å². The zero-order chi connectivity index (χ0) is 9.97. The molecule has 2 aromatic rings. The summed E-state index contributed by atoms with van der Waals surface area (Å²) >= 11 is 4.10. The fourth-order valence-corrected chi connectivity index (χ4v) is 2.26. The predicted octanol–water partition coefficient (Wildman–Crippen LogP) is 3.23. The first kappa shape index (κ1) is 9.62. The summed E-state index contributed by atoms with van der Waals surface area (Å²) in [5.74, 6) is 0. The number of rotatable bonds is 2. The van der Waals surface area contributed by atoms with Crippen LogP contribution in [-0.4, -0.2) is 6.29 Å². The fraction of sp³-hybridized carbons (Fsp3) is 0. The minimum absolute atomic E-state index is 0.600. The van der Waals surface area contributed by atoms with Gasteiger partial charge in [0.1, 0.15) is 0 Å². The molecule has 1 nitrogen and oxygen atoms in total. The van der Waals surface area contributed by atoms with E-state index in [9.17, 15) is 4.79 Å². The first-order chi connectivity index (χ1) is 6.86. The van der Waals surface area contributed by atoms with Crippen LogP contribution in [0.5, 0.6) is 0 Å². The van der Waals surface area contributed by atoms with Crippen LogP contribution in [0.1, 0.15) is 5.56 Å². The molecule has 0 bridgehead atoms. The topological polar surface area (TPSA) is 17.1 Å². The third-order valence-electron chi connectivity index (χ3n) is 2.09. The van der Waals surface area contributed by atoms with Crippen molar-refractivity contribution >= 4 is 39.5 Å². The van der Waals surface area contributed by atoms with Gasteiger partial charge in [-0.3, -0.25) is 4.79 Å². The molecule has 0 fully saturated rings. The molecule has 0 aliphatic carbocycles. The quantitative estimate of drug-likeness (QED) is 0.617. The molecule has 1 radical (unpaired) electrons. The molecule has 0 heterocycles. The maximum atomic E-state index is 10.8. The predicted molar refractivity (Wildman–Crippen MR) is 63.6 cm³/mol. The zero-order valence-electron chi connectivity index (χ0n) is 7.23. The second kappa shape index (κ2) is 4.07. The molecule has 3 heteroatoms. The van der Waals surface area contributed by atoms with Gasteiger partial charge in [0.25, 0.3) is 0 Å². The number of hydrogen-bond donors (Lipinski definition) is 1. The highest BCUT2D eigenvalue weighted by molar-refractivity contribution is 8.68. The summed E-state index contributed by atoms with van der Waals surface area (Å²) in [7, 11) is 1.27. The highest BCUT2D eigenvalue weighted by atomic mass is 33.1. The summed E-state index contributed by atoms with van der Waals surface area (Å²) in [6.45, 7) is 0.